The summed E-state index contributed by atoms with van der Waals surface area (Å²) in [5.41, 5.74) is 1.06. The molecule has 2 aliphatic rings. The molecule has 3 rings (SSSR count). The molecule has 104 valence electrons. The van der Waals surface area contributed by atoms with Crippen molar-refractivity contribution in [2.45, 2.75) is 25.3 Å². The second kappa shape index (κ2) is 5.80. The third-order valence-electron chi connectivity index (χ3n) is 3.71. The number of aliphatic hydroxyl groups excluding tert-OH is 1. The number of ether oxygens (including phenoxy) is 2. The van der Waals surface area contributed by atoms with Gasteiger partial charge in [0.25, 0.3) is 0 Å². The number of hydrogen-bond donors (Lipinski definition) is 2. The molecule has 1 aliphatic carbocycles. The SMILES string of the molecule is OCC(NCC1CC1)c1ccc2c(c1)OCCCO2. The van der Waals surface area contributed by atoms with Crippen LogP contribution in [-0.4, -0.2) is 31.5 Å². The third kappa shape index (κ3) is 3.19. The lowest BCUT2D eigenvalue weighted by atomic mass is 10.1. The van der Waals surface area contributed by atoms with Crippen LogP contribution in [0.2, 0.25) is 0 Å². The second-order valence-electron chi connectivity index (χ2n) is 5.34. The largest absolute Gasteiger partial charge is 0.490 e. The molecule has 1 heterocycles. The molecule has 0 radical (unpaired) electrons. The van der Waals surface area contributed by atoms with Gasteiger partial charge < -0.3 is 19.9 Å². The molecule has 0 amide bonds. The van der Waals surface area contributed by atoms with Crippen LogP contribution in [0, 0.1) is 5.92 Å². The third-order valence-corrected chi connectivity index (χ3v) is 3.71. The summed E-state index contributed by atoms with van der Waals surface area (Å²) in [7, 11) is 0. The van der Waals surface area contributed by atoms with Crippen molar-refractivity contribution in [2.75, 3.05) is 26.4 Å². The van der Waals surface area contributed by atoms with Gasteiger partial charge in [0.05, 0.1) is 25.9 Å². The van der Waals surface area contributed by atoms with Crippen molar-refractivity contribution < 1.29 is 14.6 Å². The van der Waals surface area contributed by atoms with E-state index in [1.807, 2.05) is 18.2 Å². The zero-order valence-electron chi connectivity index (χ0n) is 11.1. The molecule has 1 saturated carbocycles. The zero-order valence-corrected chi connectivity index (χ0v) is 11.1. The highest BCUT2D eigenvalue weighted by Crippen LogP contribution is 2.33. The molecule has 2 N–H and O–H groups in total. The first-order valence-electron chi connectivity index (χ1n) is 7.10. The van der Waals surface area contributed by atoms with Gasteiger partial charge in [-0.05, 0) is 43.0 Å². The minimum absolute atomic E-state index is 0.0160. The molecule has 1 unspecified atom stereocenters. The average molecular weight is 263 g/mol. The van der Waals surface area contributed by atoms with E-state index >= 15 is 0 Å². The van der Waals surface area contributed by atoms with E-state index in [1.165, 1.54) is 12.8 Å². The monoisotopic (exact) mass is 263 g/mol. The summed E-state index contributed by atoms with van der Waals surface area (Å²) in [5.74, 6) is 2.40. The summed E-state index contributed by atoms with van der Waals surface area (Å²) in [6.07, 6.45) is 3.53. The Morgan fingerprint density at radius 3 is 2.74 bits per heavy atom. The van der Waals surface area contributed by atoms with Crippen molar-refractivity contribution in [1.82, 2.24) is 5.32 Å². The first-order chi connectivity index (χ1) is 9.36. The fourth-order valence-electron chi connectivity index (χ4n) is 2.32. The molecule has 4 heteroatoms. The van der Waals surface area contributed by atoms with Gasteiger partial charge in [-0.25, -0.2) is 0 Å². The summed E-state index contributed by atoms with van der Waals surface area (Å²) in [6.45, 7) is 2.48. The van der Waals surface area contributed by atoms with E-state index in [0.29, 0.717) is 13.2 Å². The van der Waals surface area contributed by atoms with Gasteiger partial charge in [-0.2, -0.15) is 0 Å². The fraction of sp³-hybridized carbons (Fsp3) is 0.600. The van der Waals surface area contributed by atoms with Crippen molar-refractivity contribution in [2.24, 2.45) is 5.92 Å². The fourth-order valence-corrected chi connectivity index (χ4v) is 2.32. The molecule has 1 fully saturated rings. The Hall–Kier alpha value is -1.26. The van der Waals surface area contributed by atoms with Crippen LogP contribution in [0.4, 0.5) is 0 Å². The molecule has 1 aromatic rings. The molecule has 1 aromatic carbocycles. The van der Waals surface area contributed by atoms with Crippen LogP contribution in [0.1, 0.15) is 30.9 Å². The van der Waals surface area contributed by atoms with Crippen LogP contribution in [-0.2, 0) is 0 Å². The molecule has 0 aromatic heterocycles. The predicted octanol–water partition coefficient (Wildman–Crippen LogP) is 1.88. The number of hydrogen-bond acceptors (Lipinski definition) is 4. The number of nitrogens with one attached hydrogen (secondary N) is 1. The Bertz CT molecular complexity index is 431. The Morgan fingerprint density at radius 1 is 1.21 bits per heavy atom. The van der Waals surface area contributed by atoms with E-state index in [9.17, 15) is 5.11 Å². The van der Waals surface area contributed by atoms with Gasteiger partial charge in [-0.15, -0.1) is 0 Å². The summed E-state index contributed by atoms with van der Waals surface area (Å²) in [4.78, 5) is 0. The molecule has 4 nitrogen and oxygen atoms in total. The summed E-state index contributed by atoms with van der Waals surface area (Å²) in [5, 5.41) is 13.0. The molecule has 1 atom stereocenters. The Balaban J connectivity index is 1.72. The molecular weight excluding hydrogens is 242 g/mol. The lowest BCUT2D eigenvalue weighted by Crippen LogP contribution is -2.26. The molecule has 0 bridgehead atoms. The normalized spacial score (nSPS) is 19.8. The maximum absolute atomic E-state index is 9.54. The van der Waals surface area contributed by atoms with Crippen molar-refractivity contribution in [3.8, 4) is 11.5 Å². The maximum atomic E-state index is 9.54. The Kier molecular flexibility index (Phi) is 3.89. The van der Waals surface area contributed by atoms with Crippen molar-refractivity contribution in [3.63, 3.8) is 0 Å². The molecule has 19 heavy (non-hydrogen) atoms. The van der Waals surface area contributed by atoms with Crippen molar-refractivity contribution in [1.29, 1.82) is 0 Å². The van der Waals surface area contributed by atoms with Crippen LogP contribution < -0.4 is 14.8 Å². The van der Waals surface area contributed by atoms with Gasteiger partial charge in [0.2, 0.25) is 0 Å². The van der Waals surface area contributed by atoms with E-state index in [4.69, 9.17) is 9.47 Å². The Labute approximate surface area is 113 Å². The van der Waals surface area contributed by atoms with E-state index in [1.54, 1.807) is 0 Å². The standard InChI is InChI=1S/C15H21NO3/c17-10-13(16-9-11-2-3-11)12-4-5-14-15(8-12)19-7-1-6-18-14/h4-5,8,11,13,16-17H,1-3,6-7,9-10H2. The summed E-state index contributed by atoms with van der Waals surface area (Å²) < 4.78 is 11.3. The number of aliphatic hydroxyl groups is 1. The van der Waals surface area contributed by atoms with Crippen molar-refractivity contribution in [3.05, 3.63) is 23.8 Å². The van der Waals surface area contributed by atoms with Crippen molar-refractivity contribution >= 4 is 0 Å². The average Bonchev–Trinajstić information content (AvgIpc) is 3.25. The highest BCUT2D eigenvalue weighted by Gasteiger charge is 2.23. The lowest BCUT2D eigenvalue weighted by molar-refractivity contribution is 0.243. The molecule has 0 saturated heterocycles. The van der Waals surface area contributed by atoms with E-state index < -0.39 is 0 Å². The van der Waals surface area contributed by atoms with E-state index in [2.05, 4.69) is 5.32 Å². The van der Waals surface area contributed by atoms with Gasteiger partial charge in [0.1, 0.15) is 0 Å². The van der Waals surface area contributed by atoms with Crippen LogP contribution in [0.5, 0.6) is 11.5 Å². The molecular formula is C15H21NO3. The zero-order chi connectivity index (χ0) is 13.1. The topological polar surface area (TPSA) is 50.7 Å². The predicted molar refractivity (Wildman–Crippen MR) is 72.6 cm³/mol. The maximum Gasteiger partial charge on any atom is 0.161 e. The summed E-state index contributed by atoms with van der Waals surface area (Å²) >= 11 is 0. The van der Waals surface area contributed by atoms with Gasteiger partial charge >= 0.3 is 0 Å². The smallest absolute Gasteiger partial charge is 0.161 e. The number of rotatable bonds is 5. The van der Waals surface area contributed by atoms with Crippen LogP contribution in [0.15, 0.2) is 18.2 Å². The highest BCUT2D eigenvalue weighted by atomic mass is 16.5. The minimum Gasteiger partial charge on any atom is -0.490 e. The van der Waals surface area contributed by atoms with Crippen LogP contribution in [0.25, 0.3) is 0 Å². The molecule has 1 aliphatic heterocycles. The van der Waals surface area contributed by atoms with Gasteiger partial charge in [-0.1, -0.05) is 6.07 Å². The van der Waals surface area contributed by atoms with E-state index in [-0.39, 0.29) is 12.6 Å². The van der Waals surface area contributed by atoms with Gasteiger partial charge in [0.15, 0.2) is 11.5 Å². The quantitative estimate of drug-likeness (QED) is 0.851. The van der Waals surface area contributed by atoms with Gasteiger partial charge in [0, 0.05) is 6.42 Å². The van der Waals surface area contributed by atoms with Crippen LogP contribution in [0.3, 0.4) is 0 Å². The summed E-state index contributed by atoms with van der Waals surface area (Å²) in [6, 6.07) is 5.92. The van der Waals surface area contributed by atoms with E-state index in [0.717, 1.165) is 35.9 Å². The number of benzene rings is 1. The second-order valence-corrected chi connectivity index (χ2v) is 5.34. The van der Waals surface area contributed by atoms with Crippen LogP contribution >= 0.6 is 0 Å². The first kappa shape index (κ1) is 12.8. The lowest BCUT2D eigenvalue weighted by Gasteiger charge is -2.18. The minimum atomic E-state index is -0.0160. The highest BCUT2D eigenvalue weighted by molar-refractivity contribution is 5.44. The first-order valence-corrected chi connectivity index (χ1v) is 7.10. The Morgan fingerprint density at radius 2 is 2.00 bits per heavy atom. The van der Waals surface area contributed by atoms with Gasteiger partial charge in [-0.3, -0.25) is 0 Å². The molecule has 0 spiro atoms. The number of fused-ring (bicyclic) bond motifs is 1.